The zero-order chi connectivity index (χ0) is 20.2. The van der Waals surface area contributed by atoms with E-state index < -0.39 is 29.8 Å². The van der Waals surface area contributed by atoms with Gasteiger partial charge in [-0.2, -0.15) is 0 Å². The van der Waals surface area contributed by atoms with E-state index in [1.807, 2.05) is 6.07 Å². The molecule has 7 nitrogen and oxygen atoms in total. The van der Waals surface area contributed by atoms with Crippen molar-refractivity contribution < 1.29 is 33.4 Å². The van der Waals surface area contributed by atoms with Gasteiger partial charge in [0.2, 0.25) is 0 Å². The number of hydrogen-bond donors (Lipinski definition) is 0. The second-order valence-corrected chi connectivity index (χ2v) is 6.24. The minimum Gasteiger partial charge on any atom is -0.463 e. The average Bonchev–Trinajstić information content (AvgIpc) is 2.62. The molecule has 0 aliphatic heterocycles. The maximum Gasteiger partial charge on any atom is 0.331 e. The van der Waals surface area contributed by atoms with Crippen molar-refractivity contribution in [1.82, 2.24) is 0 Å². The van der Waals surface area contributed by atoms with Gasteiger partial charge in [0, 0.05) is 16.6 Å². The third-order valence-corrected chi connectivity index (χ3v) is 4.18. The Labute approximate surface area is 165 Å². The van der Waals surface area contributed by atoms with E-state index in [9.17, 15) is 19.2 Å². The van der Waals surface area contributed by atoms with Crippen molar-refractivity contribution in [3.05, 3.63) is 46.5 Å². The maximum atomic E-state index is 12.1. The molecule has 1 aromatic carbocycles. The number of rotatable bonds is 9. The van der Waals surface area contributed by atoms with Gasteiger partial charge in [-0.15, -0.1) is 0 Å². The van der Waals surface area contributed by atoms with Crippen molar-refractivity contribution in [2.75, 3.05) is 13.2 Å². The topological polar surface area (TPSA) is 96.0 Å². The molecule has 0 spiro atoms. The molecule has 0 saturated carbocycles. The summed E-state index contributed by atoms with van der Waals surface area (Å²) in [7, 11) is 0. The summed E-state index contributed by atoms with van der Waals surface area (Å²) in [5.74, 6) is -3.71. The number of carbonyl (C=O) groups excluding carboxylic acids is 4. The Bertz CT molecular complexity index is 712. The molecule has 0 aliphatic carbocycles. The van der Waals surface area contributed by atoms with Crippen LogP contribution in [0.4, 0.5) is 0 Å². The normalized spacial score (nSPS) is 11.7. The molecule has 1 atom stereocenters. The van der Waals surface area contributed by atoms with Crippen LogP contribution in [0.3, 0.4) is 0 Å². The van der Waals surface area contributed by atoms with E-state index in [1.54, 1.807) is 32.0 Å². The second-order valence-electron chi connectivity index (χ2n) is 5.38. The first-order valence-electron chi connectivity index (χ1n) is 8.36. The van der Waals surface area contributed by atoms with Gasteiger partial charge in [0.25, 0.3) is 0 Å². The van der Waals surface area contributed by atoms with Crippen molar-refractivity contribution in [2.24, 2.45) is 5.92 Å². The quantitative estimate of drug-likeness (QED) is 0.252. The van der Waals surface area contributed by atoms with Crippen LogP contribution >= 0.6 is 15.9 Å². The fourth-order valence-electron chi connectivity index (χ4n) is 1.94. The van der Waals surface area contributed by atoms with Gasteiger partial charge in [0.15, 0.2) is 0 Å². The molecule has 0 N–H and O–H groups in total. The summed E-state index contributed by atoms with van der Waals surface area (Å²) in [6.45, 7) is 3.27. The highest BCUT2D eigenvalue weighted by molar-refractivity contribution is 9.10. The van der Waals surface area contributed by atoms with Gasteiger partial charge in [0.05, 0.1) is 18.9 Å². The van der Waals surface area contributed by atoms with Crippen LogP contribution < -0.4 is 0 Å². The number of esters is 4. The van der Waals surface area contributed by atoms with Crippen molar-refractivity contribution in [3.8, 4) is 0 Å². The fraction of sp³-hybridized carbons (Fsp3) is 0.368. The van der Waals surface area contributed by atoms with Crippen LogP contribution in [0.5, 0.6) is 0 Å². The number of hydrogen-bond acceptors (Lipinski definition) is 7. The summed E-state index contributed by atoms with van der Waals surface area (Å²) in [6, 6.07) is 7.10. The van der Waals surface area contributed by atoms with Crippen molar-refractivity contribution in [3.63, 3.8) is 0 Å². The highest BCUT2D eigenvalue weighted by atomic mass is 79.9. The molecule has 0 amide bonds. The van der Waals surface area contributed by atoms with Crippen LogP contribution in [0, 0.1) is 5.92 Å². The predicted octanol–water partition coefficient (Wildman–Crippen LogP) is 2.75. The number of halogens is 1. The molecule has 8 heteroatoms. The minimum absolute atomic E-state index is 0.0638. The molecule has 0 radical (unpaired) electrons. The molecule has 27 heavy (non-hydrogen) atoms. The average molecular weight is 441 g/mol. The molecule has 1 rings (SSSR count). The standard InChI is InChI=1S/C19H21BrO7/c1-3-13(12-26-17(22)10-9-16(21)25-4-2)19(24)27-18(23)11-14-7-5-6-8-15(14)20/h5-10,13H,3-4,11-12H2,1-2H3/b10-9+. The summed E-state index contributed by atoms with van der Waals surface area (Å²) in [6.07, 6.45) is 2.10. The Kier molecular flexibility index (Phi) is 10.0. The van der Waals surface area contributed by atoms with Gasteiger partial charge in [-0.05, 0) is 25.0 Å². The lowest BCUT2D eigenvalue weighted by Crippen LogP contribution is -2.26. The SMILES string of the molecule is CCOC(=O)/C=C/C(=O)OCC(CC)C(=O)OC(=O)Cc1ccccc1Br. The van der Waals surface area contributed by atoms with Gasteiger partial charge in [0.1, 0.15) is 6.61 Å². The van der Waals surface area contributed by atoms with E-state index >= 15 is 0 Å². The minimum atomic E-state index is -0.797. The van der Waals surface area contributed by atoms with E-state index in [0.717, 1.165) is 16.6 Å². The first-order chi connectivity index (χ1) is 12.9. The van der Waals surface area contributed by atoms with E-state index in [0.29, 0.717) is 12.0 Å². The maximum absolute atomic E-state index is 12.1. The Morgan fingerprint density at radius 3 is 2.26 bits per heavy atom. The van der Waals surface area contributed by atoms with Gasteiger partial charge in [-0.1, -0.05) is 41.1 Å². The van der Waals surface area contributed by atoms with E-state index in [2.05, 4.69) is 20.7 Å². The number of benzene rings is 1. The van der Waals surface area contributed by atoms with Gasteiger partial charge in [-0.3, -0.25) is 9.59 Å². The van der Waals surface area contributed by atoms with Gasteiger partial charge < -0.3 is 14.2 Å². The molecule has 0 saturated heterocycles. The Morgan fingerprint density at radius 2 is 1.67 bits per heavy atom. The second kappa shape index (κ2) is 12.0. The van der Waals surface area contributed by atoms with Crippen molar-refractivity contribution in [2.45, 2.75) is 26.7 Å². The van der Waals surface area contributed by atoms with Crippen LogP contribution in [-0.4, -0.2) is 37.1 Å². The van der Waals surface area contributed by atoms with Crippen molar-refractivity contribution >= 4 is 39.8 Å². The zero-order valence-electron chi connectivity index (χ0n) is 15.1. The number of ether oxygens (including phenoxy) is 3. The zero-order valence-corrected chi connectivity index (χ0v) is 16.7. The van der Waals surface area contributed by atoms with E-state index in [-0.39, 0.29) is 19.6 Å². The molecule has 1 aromatic rings. The largest absolute Gasteiger partial charge is 0.463 e. The predicted molar refractivity (Wildman–Crippen MR) is 99.5 cm³/mol. The Hall–Kier alpha value is -2.48. The molecular formula is C19H21BrO7. The van der Waals surface area contributed by atoms with Gasteiger partial charge >= 0.3 is 23.9 Å². The summed E-state index contributed by atoms with van der Waals surface area (Å²) in [5, 5.41) is 0. The summed E-state index contributed by atoms with van der Waals surface area (Å²) >= 11 is 3.32. The van der Waals surface area contributed by atoms with Crippen LogP contribution in [0.1, 0.15) is 25.8 Å². The highest BCUT2D eigenvalue weighted by Gasteiger charge is 2.23. The third-order valence-electron chi connectivity index (χ3n) is 3.40. The Balaban J connectivity index is 2.49. The van der Waals surface area contributed by atoms with Crippen LogP contribution in [0.15, 0.2) is 40.9 Å². The van der Waals surface area contributed by atoms with Crippen molar-refractivity contribution in [1.29, 1.82) is 0 Å². The monoisotopic (exact) mass is 440 g/mol. The lowest BCUT2D eigenvalue weighted by atomic mass is 10.1. The number of carbonyl (C=O) groups is 4. The fourth-order valence-corrected chi connectivity index (χ4v) is 2.36. The van der Waals surface area contributed by atoms with Crippen LogP contribution in [0.25, 0.3) is 0 Å². The molecule has 0 aromatic heterocycles. The highest BCUT2D eigenvalue weighted by Crippen LogP contribution is 2.17. The molecule has 0 bridgehead atoms. The lowest BCUT2D eigenvalue weighted by Gasteiger charge is -2.13. The van der Waals surface area contributed by atoms with E-state index in [4.69, 9.17) is 9.47 Å². The first-order valence-corrected chi connectivity index (χ1v) is 9.16. The summed E-state index contributed by atoms with van der Waals surface area (Å²) in [5.41, 5.74) is 0.693. The van der Waals surface area contributed by atoms with Gasteiger partial charge in [-0.25, -0.2) is 9.59 Å². The molecular weight excluding hydrogens is 420 g/mol. The molecule has 0 heterocycles. The first kappa shape index (κ1) is 22.6. The molecule has 1 unspecified atom stereocenters. The Morgan fingerprint density at radius 1 is 1.04 bits per heavy atom. The van der Waals surface area contributed by atoms with E-state index in [1.165, 1.54) is 0 Å². The van der Waals surface area contributed by atoms with Crippen LogP contribution in [-0.2, 0) is 39.8 Å². The lowest BCUT2D eigenvalue weighted by molar-refractivity contribution is -0.164. The molecule has 146 valence electrons. The molecule has 0 fully saturated rings. The molecule has 0 aliphatic rings. The van der Waals surface area contributed by atoms with Crippen LogP contribution in [0.2, 0.25) is 0 Å². The third kappa shape index (κ3) is 8.63. The smallest absolute Gasteiger partial charge is 0.331 e. The summed E-state index contributed by atoms with van der Waals surface area (Å²) < 4.78 is 15.1. The summed E-state index contributed by atoms with van der Waals surface area (Å²) in [4.78, 5) is 46.7.